The van der Waals surface area contributed by atoms with E-state index in [1.165, 1.54) is 0 Å². The van der Waals surface area contributed by atoms with Crippen molar-refractivity contribution in [2.75, 3.05) is 13.7 Å². The van der Waals surface area contributed by atoms with Crippen molar-refractivity contribution in [1.29, 1.82) is 0 Å². The Hall–Kier alpha value is -1.20. The molecule has 0 unspecified atom stereocenters. The van der Waals surface area contributed by atoms with Gasteiger partial charge in [-0.25, -0.2) is 0 Å². The molecule has 1 heterocycles. The Labute approximate surface area is 129 Å². The van der Waals surface area contributed by atoms with Crippen LogP contribution in [0.25, 0.3) is 0 Å². The number of hydrogen-bond donors (Lipinski definition) is 0. The highest BCUT2D eigenvalue weighted by atomic mass is 32.2. The summed E-state index contributed by atoms with van der Waals surface area (Å²) in [6, 6.07) is 0. The Morgan fingerprint density at radius 1 is 1.41 bits per heavy atom. The predicted octanol–water partition coefficient (Wildman–Crippen LogP) is 2.71. The standard InChI is InChI=1S/C8H6F3NO4S2.C3H8O/c9-8(10,11)18(14,15)16-7-6(4-1-2-4)5(3-13)17-12-7;1-3-4-2/h3-4H,1-2H2;3H2,1-2H3. The first-order chi connectivity index (χ1) is 10.2. The molecule has 1 aromatic rings. The first-order valence-corrected chi connectivity index (χ1v) is 8.30. The van der Waals surface area contributed by atoms with Crippen molar-refractivity contribution in [2.45, 2.75) is 31.2 Å². The molecule has 22 heavy (non-hydrogen) atoms. The summed E-state index contributed by atoms with van der Waals surface area (Å²) in [6.07, 6.45) is 1.77. The van der Waals surface area contributed by atoms with Gasteiger partial charge >= 0.3 is 15.6 Å². The topological polar surface area (TPSA) is 82.6 Å². The summed E-state index contributed by atoms with van der Waals surface area (Å²) in [5, 5.41) is 0. The van der Waals surface area contributed by atoms with E-state index >= 15 is 0 Å². The van der Waals surface area contributed by atoms with Crippen LogP contribution in [0.5, 0.6) is 5.88 Å². The summed E-state index contributed by atoms with van der Waals surface area (Å²) in [5.41, 5.74) is -5.36. The summed E-state index contributed by atoms with van der Waals surface area (Å²) in [6.45, 7) is 2.78. The molecular weight excluding hydrogens is 347 g/mol. The maximum atomic E-state index is 12.1. The lowest BCUT2D eigenvalue weighted by atomic mass is 10.2. The highest BCUT2D eigenvalue weighted by molar-refractivity contribution is 7.88. The molecule has 0 saturated heterocycles. The molecule has 11 heteroatoms. The van der Waals surface area contributed by atoms with Crippen molar-refractivity contribution in [3.63, 3.8) is 0 Å². The fourth-order valence-corrected chi connectivity index (χ4v) is 2.53. The van der Waals surface area contributed by atoms with Gasteiger partial charge < -0.3 is 8.92 Å². The second-order valence-corrected chi connectivity index (χ2v) is 6.56. The van der Waals surface area contributed by atoms with Crippen molar-refractivity contribution >= 4 is 27.9 Å². The maximum Gasteiger partial charge on any atom is 0.534 e. The van der Waals surface area contributed by atoms with Crippen LogP contribution in [0, 0.1) is 0 Å². The fourth-order valence-electron chi connectivity index (χ4n) is 1.34. The third kappa shape index (κ3) is 4.65. The number of rotatable bonds is 5. The van der Waals surface area contributed by atoms with Gasteiger partial charge in [0, 0.05) is 19.3 Å². The Morgan fingerprint density at radius 2 is 1.95 bits per heavy atom. The van der Waals surface area contributed by atoms with Crippen LogP contribution >= 0.6 is 11.5 Å². The molecule has 2 rings (SSSR count). The molecule has 1 aliphatic carbocycles. The second kappa shape index (κ2) is 7.38. The number of ether oxygens (including phenoxy) is 1. The van der Waals surface area contributed by atoms with Crippen molar-refractivity contribution in [3.8, 4) is 5.88 Å². The van der Waals surface area contributed by atoms with Crippen LogP contribution in [-0.2, 0) is 14.9 Å². The molecule has 0 bridgehead atoms. The van der Waals surface area contributed by atoms with Crippen LogP contribution in [0.4, 0.5) is 13.2 Å². The van der Waals surface area contributed by atoms with E-state index in [-0.39, 0.29) is 16.4 Å². The van der Waals surface area contributed by atoms with E-state index < -0.39 is 21.5 Å². The lowest BCUT2D eigenvalue weighted by Gasteiger charge is -2.08. The van der Waals surface area contributed by atoms with E-state index in [0.29, 0.717) is 30.7 Å². The minimum atomic E-state index is -5.75. The molecule has 0 atom stereocenters. The lowest BCUT2D eigenvalue weighted by Crippen LogP contribution is -2.28. The molecule has 0 spiro atoms. The summed E-state index contributed by atoms with van der Waals surface area (Å²) < 4.78 is 70.1. The van der Waals surface area contributed by atoms with Crippen LogP contribution in [0.3, 0.4) is 0 Å². The average Bonchev–Trinajstić information content (AvgIpc) is 3.19. The molecule has 0 N–H and O–H groups in total. The number of aromatic nitrogens is 1. The Kier molecular flexibility index (Phi) is 6.32. The van der Waals surface area contributed by atoms with Gasteiger partial charge in [0.2, 0.25) is 5.88 Å². The predicted molar refractivity (Wildman–Crippen MR) is 72.6 cm³/mol. The summed E-state index contributed by atoms with van der Waals surface area (Å²) in [4.78, 5) is 10.8. The number of halogens is 3. The van der Waals surface area contributed by atoms with Crippen molar-refractivity contribution < 1.29 is 35.3 Å². The highest BCUT2D eigenvalue weighted by Gasteiger charge is 2.49. The number of hydrogen-bond acceptors (Lipinski definition) is 7. The SMILES string of the molecule is CCOC.O=Cc1snc(OS(=O)(=O)C(F)(F)F)c1C1CC1. The van der Waals surface area contributed by atoms with Gasteiger partial charge in [0.15, 0.2) is 6.29 Å². The van der Waals surface area contributed by atoms with E-state index in [2.05, 4.69) is 13.3 Å². The molecule has 1 saturated carbocycles. The first kappa shape index (κ1) is 18.8. The molecule has 0 amide bonds. The fraction of sp³-hybridized carbons (Fsp3) is 0.636. The van der Waals surface area contributed by atoms with Gasteiger partial charge in [-0.05, 0) is 37.2 Å². The molecule has 6 nitrogen and oxygen atoms in total. The number of carbonyl (C=O) groups is 1. The van der Waals surface area contributed by atoms with E-state index in [4.69, 9.17) is 0 Å². The minimum Gasteiger partial charge on any atom is -0.385 e. The van der Waals surface area contributed by atoms with Gasteiger partial charge in [-0.3, -0.25) is 4.79 Å². The normalized spacial score (nSPS) is 15.0. The Bertz CT molecular complexity index is 606. The van der Waals surface area contributed by atoms with Gasteiger partial charge in [-0.1, -0.05) is 0 Å². The molecule has 1 fully saturated rings. The first-order valence-electron chi connectivity index (χ1n) is 6.12. The van der Waals surface area contributed by atoms with Gasteiger partial charge in [0.25, 0.3) is 0 Å². The average molecular weight is 361 g/mol. The molecule has 0 aromatic carbocycles. The zero-order valence-electron chi connectivity index (χ0n) is 11.7. The van der Waals surface area contributed by atoms with Crippen molar-refractivity contribution in [2.24, 2.45) is 0 Å². The zero-order valence-corrected chi connectivity index (χ0v) is 13.3. The lowest BCUT2D eigenvalue weighted by molar-refractivity contribution is -0.0501. The monoisotopic (exact) mass is 361 g/mol. The second-order valence-electron chi connectivity index (χ2n) is 4.22. The third-order valence-corrected chi connectivity index (χ3v) is 4.29. The number of methoxy groups -OCH3 is 1. The van der Waals surface area contributed by atoms with Crippen molar-refractivity contribution in [3.05, 3.63) is 10.4 Å². The number of nitrogens with zero attached hydrogens (tertiary/aromatic N) is 1. The van der Waals surface area contributed by atoms with Gasteiger partial charge in [0.05, 0.1) is 4.88 Å². The van der Waals surface area contributed by atoms with E-state index in [1.807, 2.05) is 6.92 Å². The summed E-state index contributed by atoms with van der Waals surface area (Å²) >= 11 is 0.621. The van der Waals surface area contributed by atoms with Crippen LogP contribution < -0.4 is 4.18 Å². The van der Waals surface area contributed by atoms with Gasteiger partial charge in [0.1, 0.15) is 0 Å². The molecular formula is C11H14F3NO5S2. The van der Waals surface area contributed by atoms with Gasteiger partial charge in [-0.15, -0.1) is 0 Å². The summed E-state index contributed by atoms with van der Waals surface area (Å²) in [7, 11) is -4.07. The molecule has 0 radical (unpaired) electrons. The van der Waals surface area contributed by atoms with Crippen molar-refractivity contribution in [1.82, 2.24) is 4.37 Å². The molecule has 126 valence electrons. The van der Waals surface area contributed by atoms with Gasteiger partial charge in [-0.2, -0.15) is 26.0 Å². The van der Waals surface area contributed by atoms with E-state index in [1.54, 1.807) is 7.11 Å². The number of alkyl halides is 3. The Balaban J connectivity index is 0.000000541. The quantitative estimate of drug-likeness (QED) is 0.456. The van der Waals surface area contributed by atoms with Crippen LogP contribution in [0.2, 0.25) is 0 Å². The van der Waals surface area contributed by atoms with Crippen LogP contribution in [0.15, 0.2) is 0 Å². The molecule has 0 aliphatic heterocycles. The summed E-state index contributed by atoms with van der Waals surface area (Å²) in [5.74, 6) is -0.788. The minimum absolute atomic E-state index is 0.102. The smallest absolute Gasteiger partial charge is 0.385 e. The van der Waals surface area contributed by atoms with Crippen LogP contribution in [-0.4, -0.2) is 38.3 Å². The van der Waals surface area contributed by atoms with E-state index in [0.717, 1.165) is 6.61 Å². The largest absolute Gasteiger partial charge is 0.534 e. The zero-order chi connectivity index (χ0) is 17.0. The highest BCUT2D eigenvalue weighted by Crippen LogP contribution is 2.47. The maximum absolute atomic E-state index is 12.1. The molecule has 1 aromatic heterocycles. The van der Waals surface area contributed by atoms with Crippen LogP contribution in [0.1, 0.15) is 40.9 Å². The number of aldehydes is 1. The Morgan fingerprint density at radius 3 is 2.32 bits per heavy atom. The van der Waals surface area contributed by atoms with E-state index in [9.17, 15) is 26.4 Å². The molecule has 1 aliphatic rings. The number of carbonyl (C=O) groups excluding carboxylic acids is 1. The third-order valence-electron chi connectivity index (χ3n) is 2.58.